The van der Waals surface area contributed by atoms with Crippen molar-refractivity contribution in [2.75, 3.05) is 18.5 Å². The van der Waals surface area contributed by atoms with E-state index in [0.29, 0.717) is 18.2 Å². The lowest BCUT2D eigenvalue weighted by Gasteiger charge is -2.25. The van der Waals surface area contributed by atoms with Gasteiger partial charge in [-0.15, -0.1) is 0 Å². The summed E-state index contributed by atoms with van der Waals surface area (Å²) >= 11 is 0. The molecule has 1 aromatic rings. The topological polar surface area (TPSA) is 68.9 Å². The second-order valence-corrected chi connectivity index (χ2v) is 5.30. The van der Waals surface area contributed by atoms with E-state index < -0.39 is 0 Å². The van der Waals surface area contributed by atoms with Crippen molar-refractivity contribution >= 4 is 5.82 Å². The molecule has 0 aliphatic heterocycles. The van der Waals surface area contributed by atoms with E-state index >= 15 is 0 Å². The van der Waals surface area contributed by atoms with Crippen LogP contribution in [-0.2, 0) is 12.8 Å². The van der Waals surface area contributed by atoms with Gasteiger partial charge < -0.3 is 10.4 Å². The van der Waals surface area contributed by atoms with Gasteiger partial charge in [0.25, 0.3) is 0 Å². The number of aromatic nitrogens is 1. The van der Waals surface area contributed by atoms with E-state index in [2.05, 4.69) is 30.2 Å². The van der Waals surface area contributed by atoms with Crippen molar-refractivity contribution in [1.29, 1.82) is 5.26 Å². The first-order valence-corrected chi connectivity index (χ1v) is 6.99. The second kappa shape index (κ2) is 6.03. The first-order chi connectivity index (χ1) is 9.19. The lowest BCUT2D eigenvalue weighted by molar-refractivity contribution is 0.311. The fraction of sp³-hybridized carbons (Fsp3) is 0.600. The van der Waals surface area contributed by atoms with Crippen LogP contribution >= 0.6 is 0 Å². The maximum atomic E-state index is 9.28. The SMILES string of the molecule is CC(C)c1c(NCCO)nc(C#N)c2c1CCCC2. The van der Waals surface area contributed by atoms with Crippen molar-refractivity contribution in [1.82, 2.24) is 4.98 Å². The minimum atomic E-state index is 0.0676. The Morgan fingerprint density at radius 1 is 1.32 bits per heavy atom. The van der Waals surface area contributed by atoms with Crippen molar-refractivity contribution in [2.45, 2.75) is 45.4 Å². The standard InChI is InChI=1S/C15H21N3O/c1-10(2)14-12-6-4-3-5-11(12)13(9-16)18-15(14)17-7-8-19/h10,19H,3-8H2,1-2H3,(H,17,18). The molecule has 0 spiro atoms. The third-order valence-corrected chi connectivity index (χ3v) is 3.65. The van der Waals surface area contributed by atoms with Crippen LogP contribution in [-0.4, -0.2) is 23.2 Å². The summed E-state index contributed by atoms with van der Waals surface area (Å²) in [5.41, 5.74) is 4.24. The molecule has 0 unspecified atom stereocenters. The zero-order valence-electron chi connectivity index (χ0n) is 11.7. The number of nitriles is 1. The van der Waals surface area contributed by atoms with Gasteiger partial charge in [0.05, 0.1) is 6.61 Å². The molecule has 0 fully saturated rings. The Kier molecular flexibility index (Phi) is 4.39. The lowest BCUT2D eigenvalue weighted by Crippen LogP contribution is -2.17. The third-order valence-electron chi connectivity index (χ3n) is 3.65. The van der Waals surface area contributed by atoms with Gasteiger partial charge in [0, 0.05) is 12.1 Å². The molecule has 4 nitrogen and oxygen atoms in total. The molecule has 0 saturated heterocycles. The van der Waals surface area contributed by atoms with Gasteiger partial charge in [0.2, 0.25) is 0 Å². The van der Waals surface area contributed by atoms with Crippen LogP contribution < -0.4 is 5.32 Å². The summed E-state index contributed by atoms with van der Waals surface area (Å²) in [4.78, 5) is 4.48. The number of hydrogen-bond donors (Lipinski definition) is 2. The van der Waals surface area contributed by atoms with Crippen LogP contribution in [0.5, 0.6) is 0 Å². The number of nitrogens with one attached hydrogen (secondary N) is 1. The number of nitrogens with zero attached hydrogens (tertiary/aromatic N) is 2. The Hall–Kier alpha value is -1.60. The summed E-state index contributed by atoms with van der Waals surface area (Å²) in [5.74, 6) is 1.15. The zero-order chi connectivity index (χ0) is 13.8. The second-order valence-electron chi connectivity index (χ2n) is 5.30. The van der Waals surface area contributed by atoms with Crippen molar-refractivity contribution in [3.63, 3.8) is 0 Å². The summed E-state index contributed by atoms with van der Waals surface area (Å²) < 4.78 is 0. The molecular formula is C15H21N3O. The van der Waals surface area contributed by atoms with Gasteiger partial charge in [-0.25, -0.2) is 4.98 Å². The predicted molar refractivity (Wildman–Crippen MR) is 75.3 cm³/mol. The van der Waals surface area contributed by atoms with Crippen LogP contribution in [0.2, 0.25) is 0 Å². The van der Waals surface area contributed by atoms with E-state index in [4.69, 9.17) is 5.11 Å². The number of fused-ring (bicyclic) bond motifs is 1. The van der Waals surface area contributed by atoms with Gasteiger partial charge in [-0.2, -0.15) is 5.26 Å². The molecule has 2 rings (SSSR count). The number of anilines is 1. The van der Waals surface area contributed by atoms with Crippen LogP contribution in [0.25, 0.3) is 0 Å². The van der Waals surface area contributed by atoms with E-state index in [0.717, 1.165) is 30.6 Å². The molecule has 0 saturated carbocycles. The third kappa shape index (κ3) is 2.71. The summed E-state index contributed by atoms with van der Waals surface area (Å²) in [7, 11) is 0. The normalized spacial score (nSPS) is 14.1. The monoisotopic (exact) mass is 259 g/mol. The van der Waals surface area contributed by atoms with Gasteiger partial charge in [-0.05, 0) is 42.7 Å². The van der Waals surface area contributed by atoms with Gasteiger partial charge in [-0.1, -0.05) is 13.8 Å². The molecule has 19 heavy (non-hydrogen) atoms. The fourth-order valence-electron chi connectivity index (χ4n) is 2.87. The molecule has 0 bridgehead atoms. The Morgan fingerprint density at radius 2 is 2.00 bits per heavy atom. The molecular weight excluding hydrogens is 238 g/mol. The minimum Gasteiger partial charge on any atom is -0.395 e. The molecule has 0 atom stereocenters. The molecule has 1 aliphatic carbocycles. The van der Waals surface area contributed by atoms with Crippen molar-refractivity contribution in [3.05, 3.63) is 22.4 Å². The molecule has 1 aliphatic rings. The molecule has 0 aromatic carbocycles. The highest BCUT2D eigenvalue weighted by molar-refractivity contribution is 5.57. The first kappa shape index (κ1) is 13.8. The summed E-state index contributed by atoms with van der Waals surface area (Å²) in [5, 5.41) is 21.4. The van der Waals surface area contributed by atoms with Crippen LogP contribution in [0.15, 0.2) is 0 Å². The van der Waals surface area contributed by atoms with E-state index in [1.807, 2.05) is 0 Å². The average molecular weight is 259 g/mol. The van der Waals surface area contributed by atoms with Gasteiger partial charge in [0.1, 0.15) is 17.6 Å². The maximum absolute atomic E-state index is 9.28. The number of pyridine rings is 1. The molecule has 1 aromatic heterocycles. The van der Waals surface area contributed by atoms with Crippen molar-refractivity contribution in [3.8, 4) is 6.07 Å². The number of hydrogen-bond acceptors (Lipinski definition) is 4. The molecule has 1 heterocycles. The van der Waals surface area contributed by atoms with Crippen LogP contribution in [0.3, 0.4) is 0 Å². The minimum absolute atomic E-state index is 0.0676. The Morgan fingerprint density at radius 3 is 2.58 bits per heavy atom. The smallest absolute Gasteiger partial charge is 0.146 e. The number of rotatable bonds is 4. The van der Waals surface area contributed by atoms with Crippen molar-refractivity contribution < 1.29 is 5.11 Å². The lowest BCUT2D eigenvalue weighted by atomic mass is 9.84. The summed E-state index contributed by atoms with van der Waals surface area (Å²) in [6, 6.07) is 2.22. The van der Waals surface area contributed by atoms with E-state index in [-0.39, 0.29) is 6.61 Å². The predicted octanol–water partition coefficient (Wildman–Crippen LogP) is 2.36. The zero-order valence-corrected chi connectivity index (χ0v) is 11.7. The Bertz CT molecular complexity index is 503. The fourth-order valence-corrected chi connectivity index (χ4v) is 2.87. The molecule has 0 amide bonds. The van der Waals surface area contributed by atoms with E-state index in [1.165, 1.54) is 17.5 Å². The van der Waals surface area contributed by atoms with E-state index in [9.17, 15) is 5.26 Å². The summed E-state index contributed by atoms with van der Waals surface area (Å²) in [6.45, 7) is 4.85. The number of aliphatic hydroxyl groups is 1. The van der Waals surface area contributed by atoms with Crippen LogP contribution in [0, 0.1) is 11.3 Å². The summed E-state index contributed by atoms with van der Waals surface area (Å²) in [6.07, 6.45) is 4.32. The van der Waals surface area contributed by atoms with Gasteiger partial charge in [-0.3, -0.25) is 0 Å². The largest absolute Gasteiger partial charge is 0.395 e. The molecule has 4 heteroatoms. The first-order valence-electron chi connectivity index (χ1n) is 6.99. The maximum Gasteiger partial charge on any atom is 0.146 e. The van der Waals surface area contributed by atoms with E-state index in [1.54, 1.807) is 0 Å². The molecule has 102 valence electrons. The van der Waals surface area contributed by atoms with Crippen LogP contribution in [0.4, 0.5) is 5.82 Å². The number of aliphatic hydroxyl groups excluding tert-OH is 1. The van der Waals surface area contributed by atoms with Gasteiger partial charge >= 0.3 is 0 Å². The average Bonchev–Trinajstić information content (AvgIpc) is 2.43. The molecule has 0 radical (unpaired) electrons. The molecule has 2 N–H and O–H groups in total. The quantitative estimate of drug-likeness (QED) is 0.871. The van der Waals surface area contributed by atoms with Crippen LogP contribution in [0.1, 0.15) is 55.0 Å². The Balaban J connectivity index is 2.56. The highest BCUT2D eigenvalue weighted by Gasteiger charge is 2.23. The van der Waals surface area contributed by atoms with Crippen molar-refractivity contribution in [2.24, 2.45) is 0 Å². The Labute approximate surface area is 114 Å². The highest BCUT2D eigenvalue weighted by atomic mass is 16.3. The highest BCUT2D eigenvalue weighted by Crippen LogP contribution is 2.34. The van der Waals surface area contributed by atoms with Gasteiger partial charge in [0.15, 0.2) is 0 Å².